The summed E-state index contributed by atoms with van der Waals surface area (Å²) in [6, 6.07) is 0. The minimum atomic E-state index is -1.51. The van der Waals surface area contributed by atoms with Crippen molar-refractivity contribution in [3.8, 4) is 0 Å². The van der Waals surface area contributed by atoms with Crippen molar-refractivity contribution in [2.75, 3.05) is 26.2 Å². The van der Waals surface area contributed by atoms with Crippen LogP contribution in [0.5, 0.6) is 0 Å². The molecule has 0 rings (SSSR count). The average Bonchev–Trinajstić information content (AvgIpc) is 2.32. The number of carbonyl (C=O) groups excluding carboxylic acids is 2. The molecule has 0 atom stereocenters. The van der Waals surface area contributed by atoms with E-state index in [0.29, 0.717) is 26.2 Å². The summed E-state index contributed by atoms with van der Waals surface area (Å²) < 4.78 is 9.89. The molecule has 0 radical (unpaired) electrons. The Morgan fingerprint density at radius 3 is 1.35 bits per heavy atom. The molecule has 0 saturated carbocycles. The fraction of sp³-hybridized carbons (Fsp3) is 0.800. The molecular weight excluding hydrogens is 340 g/mol. The van der Waals surface area contributed by atoms with E-state index in [0.717, 1.165) is 0 Å². The van der Waals surface area contributed by atoms with Gasteiger partial charge < -0.3 is 0 Å². The van der Waals surface area contributed by atoms with Gasteiger partial charge in [-0.15, -0.1) is 0 Å². The summed E-state index contributed by atoms with van der Waals surface area (Å²) in [5.74, 6) is 0. The second-order valence-electron chi connectivity index (χ2n) is 3.11. The molecule has 0 fully saturated rings. The molecule has 0 aliphatic rings. The van der Waals surface area contributed by atoms with Gasteiger partial charge in [-0.05, 0) is 0 Å². The first-order chi connectivity index (χ1) is 8.10. The number of amides is 2. The molecule has 0 aliphatic carbocycles. The van der Waals surface area contributed by atoms with E-state index in [1.807, 2.05) is 27.7 Å². The predicted octanol–water partition coefficient (Wildman–Crippen LogP) is 1.48. The van der Waals surface area contributed by atoms with Crippen LogP contribution in [-0.4, -0.2) is 69.9 Å². The van der Waals surface area contributed by atoms with Crippen molar-refractivity contribution in [2.45, 2.75) is 27.7 Å². The second kappa shape index (κ2) is 9.37. The monoisotopic (exact) mass is 362 g/mol. The molecule has 100 valence electrons. The molecule has 0 spiro atoms. The van der Waals surface area contributed by atoms with Crippen LogP contribution >= 0.6 is 0 Å². The van der Waals surface area contributed by atoms with Crippen molar-refractivity contribution < 1.29 is 15.8 Å². The van der Waals surface area contributed by atoms with Crippen LogP contribution in [0.1, 0.15) is 27.7 Å². The standard InChI is InChI=1S/C10H20N2O4Te/c1-5-11(6-2)9(13)15-17-16-10(14)12(7-3)8-4/h5-8H2,1-4H3. The molecule has 0 aliphatic heterocycles. The van der Waals surface area contributed by atoms with Gasteiger partial charge in [-0.2, -0.15) is 0 Å². The predicted molar refractivity (Wildman–Crippen MR) is 64.6 cm³/mol. The summed E-state index contributed by atoms with van der Waals surface area (Å²) in [4.78, 5) is 25.9. The average molecular weight is 360 g/mol. The Labute approximate surface area is 113 Å². The quantitative estimate of drug-likeness (QED) is 0.674. The summed E-state index contributed by atoms with van der Waals surface area (Å²) >= 11 is -1.51. The molecule has 0 bridgehead atoms. The topological polar surface area (TPSA) is 59.1 Å². The van der Waals surface area contributed by atoms with E-state index in [9.17, 15) is 9.59 Å². The van der Waals surface area contributed by atoms with Gasteiger partial charge in [0.1, 0.15) is 0 Å². The fourth-order valence-corrected chi connectivity index (χ4v) is 2.18. The van der Waals surface area contributed by atoms with E-state index in [4.69, 9.17) is 6.20 Å². The first kappa shape index (κ1) is 16.3. The second-order valence-corrected chi connectivity index (χ2v) is 4.45. The Morgan fingerprint density at radius 1 is 0.824 bits per heavy atom. The van der Waals surface area contributed by atoms with E-state index in [1.165, 1.54) is 9.80 Å². The molecule has 0 unspecified atom stereocenters. The molecule has 6 nitrogen and oxygen atoms in total. The Balaban J connectivity index is 3.90. The van der Waals surface area contributed by atoms with E-state index >= 15 is 0 Å². The Kier molecular flexibility index (Phi) is 9.00. The summed E-state index contributed by atoms with van der Waals surface area (Å²) in [6.07, 6.45) is -0.825. The van der Waals surface area contributed by atoms with Gasteiger partial charge in [0.15, 0.2) is 0 Å². The SMILES string of the molecule is CCN(CC)C(=O)O[Te]OC(=O)N(CC)CC. The van der Waals surface area contributed by atoms with Crippen LogP contribution in [0.3, 0.4) is 0 Å². The van der Waals surface area contributed by atoms with Crippen molar-refractivity contribution in [2.24, 2.45) is 0 Å². The van der Waals surface area contributed by atoms with Crippen LogP contribution in [-0.2, 0) is 6.20 Å². The molecule has 0 aromatic heterocycles. The van der Waals surface area contributed by atoms with E-state index in [2.05, 4.69) is 0 Å². The number of carbonyl (C=O) groups is 2. The molecule has 2 amide bonds. The fourth-order valence-electron chi connectivity index (χ4n) is 1.14. The summed E-state index contributed by atoms with van der Waals surface area (Å²) in [6.45, 7) is 9.83. The molecule has 7 heteroatoms. The van der Waals surface area contributed by atoms with Crippen LogP contribution in [0.2, 0.25) is 0 Å². The van der Waals surface area contributed by atoms with Gasteiger partial charge in [-0.3, -0.25) is 0 Å². The maximum atomic E-state index is 11.4. The summed E-state index contributed by atoms with van der Waals surface area (Å²) in [5, 5.41) is 0. The van der Waals surface area contributed by atoms with Crippen LogP contribution < -0.4 is 0 Å². The van der Waals surface area contributed by atoms with Gasteiger partial charge in [0.05, 0.1) is 0 Å². The van der Waals surface area contributed by atoms with Gasteiger partial charge in [-0.1, -0.05) is 0 Å². The third-order valence-corrected chi connectivity index (χ3v) is 3.46. The molecule has 17 heavy (non-hydrogen) atoms. The third-order valence-electron chi connectivity index (χ3n) is 2.25. The number of nitrogens with zero attached hydrogens (tertiary/aromatic N) is 2. The third kappa shape index (κ3) is 5.99. The van der Waals surface area contributed by atoms with Crippen LogP contribution in [0, 0.1) is 0 Å². The van der Waals surface area contributed by atoms with Crippen LogP contribution in [0.4, 0.5) is 9.59 Å². The Morgan fingerprint density at radius 2 is 1.12 bits per heavy atom. The first-order valence-corrected chi connectivity index (χ1v) is 7.59. The van der Waals surface area contributed by atoms with Crippen molar-refractivity contribution in [3.05, 3.63) is 0 Å². The zero-order valence-corrected chi connectivity index (χ0v) is 13.1. The Hall–Kier alpha value is -0.670. The van der Waals surface area contributed by atoms with Crippen LogP contribution in [0.25, 0.3) is 0 Å². The number of rotatable bonds is 6. The normalized spacial score (nSPS) is 9.65. The zero-order chi connectivity index (χ0) is 13.3. The van der Waals surface area contributed by atoms with Gasteiger partial charge >= 0.3 is 113 Å². The molecule has 0 heterocycles. The molecule has 0 aromatic carbocycles. The Bertz CT molecular complexity index is 218. The van der Waals surface area contributed by atoms with E-state index in [-0.39, 0.29) is 0 Å². The van der Waals surface area contributed by atoms with Crippen LogP contribution in [0.15, 0.2) is 0 Å². The summed E-state index contributed by atoms with van der Waals surface area (Å²) in [7, 11) is 0. The van der Waals surface area contributed by atoms with E-state index < -0.39 is 33.9 Å². The van der Waals surface area contributed by atoms with Crippen molar-refractivity contribution in [3.63, 3.8) is 0 Å². The minimum absolute atomic E-state index is 0.412. The maximum absolute atomic E-state index is 11.4. The van der Waals surface area contributed by atoms with Gasteiger partial charge in [0, 0.05) is 0 Å². The molecular formula is C10H20N2O4Te. The number of hydrogen-bond acceptors (Lipinski definition) is 4. The molecule has 0 saturated heterocycles. The van der Waals surface area contributed by atoms with Gasteiger partial charge in [-0.25, -0.2) is 0 Å². The molecule has 0 N–H and O–H groups in total. The van der Waals surface area contributed by atoms with Crippen molar-refractivity contribution >= 4 is 33.9 Å². The van der Waals surface area contributed by atoms with Crippen molar-refractivity contribution in [1.82, 2.24) is 9.80 Å². The van der Waals surface area contributed by atoms with E-state index in [1.54, 1.807) is 0 Å². The van der Waals surface area contributed by atoms with Crippen molar-refractivity contribution in [1.29, 1.82) is 0 Å². The number of hydrogen-bond donors (Lipinski definition) is 0. The van der Waals surface area contributed by atoms with Gasteiger partial charge in [0.2, 0.25) is 0 Å². The first-order valence-electron chi connectivity index (χ1n) is 5.69. The molecule has 0 aromatic rings. The zero-order valence-electron chi connectivity index (χ0n) is 10.8. The summed E-state index contributed by atoms with van der Waals surface area (Å²) in [5.41, 5.74) is 0. The van der Waals surface area contributed by atoms with Gasteiger partial charge in [0.25, 0.3) is 0 Å².